The summed E-state index contributed by atoms with van der Waals surface area (Å²) in [4.78, 5) is 29.8. The van der Waals surface area contributed by atoms with Crippen molar-refractivity contribution in [3.05, 3.63) is 46.9 Å². The Morgan fingerprint density at radius 3 is 2.54 bits per heavy atom. The van der Waals surface area contributed by atoms with E-state index in [9.17, 15) is 22.8 Å². The molecule has 2 N–H and O–H groups in total. The van der Waals surface area contributed by atoms with Gasteiger partial charge in [0.1, 0.15) is 11.6 Å². The van der Waals surface area contributed by atoms with Gasteiger partial charge in [0.25, 0.3) is 5.91 Å². The molecule has 0 atom stereocenters. The molecule has 0 bridgehead atoms. The van der Waals surface area contributed by atoms with Crippen molar-refractivity contribution in [2.45, 2.75) is 6.36 Å². The van der Waals surface area contributed by atoms with E-state index in [1.807, 2.05) is 0 Å². The minimum absolute atomic E-state index is 0.0787. The van der Waals surface area contributed by atoms with Gasteiger partial charge in [0.05, 0.1) is 5.02 Å². The highest BCUT2D eigenvalue weighted by Gasteiger charge is 2.32. The number of aromatic carboxylic acids is 1. The SMILES string of the molecule is O=C(Nc1ccnc(C(=O)O)n1)c1ccc(OC(F)(F)F)c(Cl)c1. The molecule has 11 heteroatoms. The van der Waals surface area contributed by atoms with Crippen LogP contribution < -0.4 is 10.1 Å². The Morgan fingerprint density at radius 1 is 1.25 bits per heavy atom. The number of halogens is 4. The lowest BCUT2D eigenvalue weighted by molar-refractivity contribution is -0.274. The van der Waals surface area contributed by atoms with E-state index < -0.39 is 34.8 Å². The van der Waals surface area contributed by atoms with Crippen LogP contribution in [0.15, 0.2) is 30.5 Å². The fraction of sp³-hybridized carbons (Fsp3) is 0.0769. The number of ether oxygens (including phenoxy) is 1. The fourth-order valence-corrected chi connectivity index (χ4v) is 1.79. The quantitative estimate of drug-likeness (QED) is 0.868. The van der Waals surface area contributed by atoms with E-state index in [4.69, 9.17) is 16.7 Å². The normalized spacial score (nSPS) is 11.0. The lowest BCUT2D eigenvalue weighted by atomic mass is 10.2. The summed E-state index contributed by atoms with van der Waals surface area (Å²) in [7, 11) is 0. The molecule has 0 saturated carbocycles. The van der Waals surface area contributed by atoms with E-state index in [1.54, 1.807) is 0 Å². The average molecular weight is 362 g/mol. The molecule has 1 aromatic heterocycles. The highest BCUT2D eigenvalue weighted by Crippen LogP contribution is 2.30. The van der Waals surface area contributed by atoms with Crippen molar-refractivity contribution in [1.29, 1.82) is 0 Å². The van der Waals surface area contributed by atoms with Gasteiger partial charge >= 0.3 is 12.3 Å². The number of amides is 1. The summed E-state index contributed by atoms with van der Waals surface area (Å²) in [5.74, 6) is -3.43. The molecule has 2 rings (SSSR count). The highest BCUT2D eigenvalue weighted by molar-refractivity contribution is 6.32. The van der Waals surface area contributed by atoms with Gasteiger partial charge in [0.15, 0.2) is 0 Å². The number of hydrogen-bond acceptors (Lipinski definition) is 5. The van der Waals surface area contributed by atoms with E-state index in [0.717, 1.165) is 24.4 Å². The van der Waals surface area contributed by atoms with Crippen molar-refractivity contribution in [2.75, 3.05) is 5.32 Å². The van der Waals surface area contributed by atoms with Crippen LogP contribution in [0.25, 0.3) is 0 Å². The monoisotopic (exact) mass is 361 g/mol. The van der Waals surface area contributed by atoms with Crippen LogP contribution in [-0.2, 0) is 0 Å². The second-order valence-corrected chi connectivity index (χ2v) is 4.62. The van der Waals surface area contributed by atoms with Crippen LogP contribution in [0.3, 0.4) is 0 Å². The highest BCUT2D eigenvalue weighted by atomic mass is 35.5. The fourth-order valence-electron chi connectivity index (χ4n) is 1.57. The van der Waals surface area contributed by atoms with Crippen LogP contribution in [0.4, 0.5) is 19.0 Å². The summed E-state index contributed by atoms with van der Waals surface area (Å²) >= 11 is 5.64. The summed E-state index contributed by atoms with van der Waals surface area (Å²) in [6.07, 6.45) is -3.79. The average Bonchev–Trinajstić information content (AvgIpc) is 2.48. The summed E-state index contributed by atoms with van der Waals surface area (Å²) < 4.78 is 40.1. The Kier molecular flexibility index (Phi) is 4.88. The molecule has 126 valence electrons. The molecule has 0 aliphatic rings. The van der Waals surface area contributed by atoms with Crippen LogP contribution in [0.5, 0.6) is 5.75 Å². The van der Waals surface area contributed by atoms with Crippen LogP contribution in [0.2, 0.25) is 5.02 Å². The van der Waals surface area contributed by atoms with Gasteiger partial charge in [0, 0.05) is 11.8 Å². The Balaban J connectivity index is 2.17. The number of carbonyl (C=O) groups excluding carboxylic acids is 1. The van der Waals surface area contributed by atoms with E-state index in [2.05, 4.69) is 20.0 Å². The van der Waals surface area contributed by atoms with Crippen molar-refractivity contribution < 1.29 is 32.6 Å². The molecule has 7 nitrogen and oxygen atoms in total. The summed E-state index contributed by atoms with van der Waals surface area (Å²) in [6.45, 7) is 0. The Morgan fingerprint density at radius 2 is 1.96 bits per heavy atom. The van der Waals surface area contributed by atoms with Gasteiger partial charge in [-0.25, -0.2) is 14.8 Å². The minimum Gasteiger partial charge on any atom is -0.475 e. The van der Waals surface area contributed by atoms with Gasteiger partial charge in [0.2, 0.25) is 5.82 Å². The maximum absolute atomic E-state index is 12.1. The zero-order valence-corrected chi connectivity index (χ0v) is 12.2. The van der Waals surface area contributed by atoms with Crippen LogP contribution in [0.1, 0.15) is 21.0 Å². The van der Waals surface area contributed by atoms with Crippen molar-refractivity contribution >= 4 is 29.3 Å². The Hall–Kier alpha value is -2.88. The number of carbonyl (C=O) groups is 2. The van der Waals surface area contributed by atoms with Crippen molar-refractivity contribution in [2.24, 2.45) is 0 Å². The first-order valence-corrected chi connectivity index (χ1v) is 6.46. The second-order valence-electron chi connectivity index (χ2n) is 4.22. The van der Waals surface area contributed by atoms with E-state index >= 15 is 0 Å². The van der Waals surface area contributed by atoms with Crippen LogP contribution >= 0.6 is 11.6 Å². The van der Waals surface area contributed by atoms with E-state index in [0.29, 0.717) is 0 Å². The molecule has 0 spiro atoms. The lowest BCUT2D eigenvalue weighted by Crippen LogP contribution is -2.18. The maximum Gasteiger partial charge on any atom is 0.573 e. The molecule has 24 heavy (non-hydrogen) atoms. The van der Waals surface area contributed by atoms with Gasteiger partial charge in [-0.05, 0) is 24.3 Å². The first-order valence-electron chi connectivity index (χ1n) is 6.09. The number of nitrogens with zero attached hydrogens (tertiary/aromatic N) is 2. The molecule has 1 aromatic carbocycles. The zero-order chi connectivity index (χ0) is 17.9. The molecular formula is C13H7ClF3N3O4. The second kappa shape index (κ2) is 6.71. The van der Waals surface area contributed by atoms with Gasteiger partial charge in [-0.15, -0.1) is 13.2 Å². The third-order valence-electron chi connectivity index (χ3n) is 2.51. The predicted octanol–water partition coefficient (Wildman–Crippen LogP) is 2.98. The number of alkyl halides is 3. The number of carboxylic acids is 1. The lowest BCUT2D eigenvalue weighted by Gasteiger charge is -2.11. The van der Waals surface area contributed by atoms with Crippen molar-refractivity contribution in [3.8, 4) is 5.75 Å². The topological polar surface area (TPSA) is 101 Å². The molecule has 0 aliphatic carbocycles. The Bertz CT molecular complexity index is 798. The largest absolute Gasteiger partial charge is 0.573 e. The minimum atomic E-state index is -4.92. The molecule has 1 amide bonds. The maximum atomic E-state index is 12.1. The molecule has 0 aliphatic heterocycles. The van der Waals surface area contributed by atoms with Crippen molar-refractivity contribution in [1.82, 2.24) is 9.97 Å². The predicted molar refractivity (Wildman–Crippen MR) is 75.1 cm³/mol. The van der Waals surface area contributed by atoms with Crippen LogP contribution in [-0.4, -0.2) is 33.3 Å². The summed E-state index contributed by atoms with van der Waals surface area (Å²) in [5.41, 5.74) is -0.0787. The molecule has 0 saturated heterocycles. The molecule has 0 fully saturated rings. The Labute approximate surface area is 137 Å². The molecule has 1 heterocycles. The van der Waals surface area contributed by atoms with Gasteiger partial charge < -0.3 is 15.2 Å². The van der Waals surface area contributed by atoms with E-state index in [1.165, 1.54) is 6.07 Å². The first-order chi connectivity index (χ1) is 11.2. The first kappa shape index (κ1) is 17.5. The number of rotatable bonds is 4. The summed E-state index contributed by atoms with van der Waals surface area (Å²) in [5, 5.41) is 10.6. The molecule has 0 radical (unpaired) electrons. The van der Waals surface area contributed by atoms with E-state index in [-0.39, 0.29) is 11.4 Å². The standard InChI is InChI=1S/C13H7ClF3N3O4/c14-7-5-6(1-2-8(7)24-13(15,16)17)11(21)20-9-3-4-18-10(19-9)12(22)23/h1-5H,(H,22,23)(H,18,19,20,21). The molecular weight excluding hydrogens is 355 g/mol. The number of anilines is 1. The zero-order valence-electron chi connectivity index (χ0n) is 11.5. The van der Waals surface area contributed by atoms with Crippen molar-refractivity contribution in [3.63, 3.8) is 0 Å². The third kappa shape index (κ3) is 4.56. The summed E-state index contributed by atoms with van der Waals surface area (Å²) in [6, 6.07) is 4.15. The smallest absolute Gasteiger partial charge is 0.475 e. The number of carboxylic acid groups (broad SMARTS) is 1. The molecule has 2 aromatic rings. The number of hydrogen-bond donors (Lipinski definition) is 2. The number of aromatic nitrogens is 2. The van der Waals surface area contributed by atoms with Crippen LogP contribution in [0, 0.1) is 0 Å². The number of benzene rings is 1. The third-order valence-corrected chi connectivity index (χ3v) is 2.80. The molecule has 0 unspecified atom stereocenters. The van der Waals surface area contributed by atoms with Gasteiger partial charge in [-0.3, -0.25) is 4.79 Å². The van der Waals surface area contributed by atoms with Gasteiger partial charge in [-0.1, -0.05) is 11.6 Å². The van der Waals surface area contributed by atoms with Gasteiger partial charge in [-0.2, -0.15) is 0 Å². The number of nitrogens with one attached hydrogen (secondary N) is 1.